The quantitative estimate of drug-likeness (QED) is 0.219. The summed E-state index contributed by atoms with van der Waals surface area (Å²) in [6.45, 7) is 0.666. The van der Waals surface area contributed by atoms with Crippen molar-refractivity contribution in [3.8, 4) is 45.8 Å². The van der Waals surface area contributed by atoms with Gasteiger partial charge in [-0.15, -0.1) is 0 Å². The number of fused-ring (bicyclic) bond motifs is 1. The van der Waals surface area contributed by atoms with Crippen LogP contribution >= 0.6 is 0 Å². The molecule has 6 N–H and O–H groups in total. The van der Waals surface area contributed by atoms with Crippen LogP contribution < -0.4 is 19.6 Å². The molecule has 0 spiro atoms. The van der Waals surface area contributed by atoms with Gasteiger partial charge < -0.3 is 58.7 Å². The van der Waals surface area contributed by atoms with E-state index in [1.54, 1.807) is 0 Å². The summed E-state index contributed by atoms with van der Waals surface area (Å²) in [6.07, 6.45) is -8.15. The van der Waals surface area contributed by atoms with Gasteiger partial charge in [-0.2, -0.15) is 0 Å². The first-order valence-electron chi connectivity index (χ1n) is 11.4. The molecular weight excluding hydrogens is 524 g/mol. The first-order valence-corrected chi connectivity index (χ1v) is 11.4. The van der Waals surface area contributed by atoms with E-state index in [2.05, 4.69) is 0 Å². The second-order valence-corrected chi connectivity index (χ2v) is 8.56. The SMILES string of the molecule is COc1cc(-c2oc3c(OC)c(OC4OC(COC(C)=O)C(O)C(O)C4O)cc(O)c3c(=O)c2O)ccc1O. The Morgan fingerprint density at radius 1 is 0.949 bits per heavy atom. The number of hydrogen-bond donors (Lipinski definition) is 6. The second kappa shape index (κ2) is 10.9. The molecule has 1 aliphatic rings. The standard InChI is InChI=1S/C25H26O14/c1-9(26)36-8-15-17(29)19(31)21(33)25(38-15)37-14-7-12(28)16-18(30)20(32)22(39-24(16)23(14)35-3)10-4-5-11(27)13(6-10)34-2/h4-7,15,17,19,21,25,27-29,31-33H,8H2,1-3H3. The van der Waals surface area contributed by atoms with Gasteiger partial charge in [0.05, 0.1) is 14.2 Å². The van der Waals surface area contributed by atoms with Crippen LogP contribution in [-0.4, -0.2) is 88.1 Å². The average Bonchev–Trinajstić information content (AvgIpc) is 2.90. The fraction of sp³-hybridized carbons (Fsp3) is 0.360. The van der Waals surface area contributed by atoms with Crippen molar-refractivity contribution >= 4 is 16.9 Å². The van der Waals surface area contributed by atoms with E-state index in [1.807, 2.05) is 0 Å². The van der Waals surface area contributed by atoms with Crippen LogP contribution in [0.3, 0.4) is 0 Å². The van der Waals surface area contributed by atoms with E-state index in [0.717, 1.165) is 13.0 Å². The lowest BCUT2D eigenvalue weighted by molar-refractivity contribution is -0.278. The molecule has 0 aliphatic carbocycles. The molecule has 2 aromatic carbocycles. The summed E-state index contributed by atoms with van der Waals surface area (Å²) < 4.78 is 32.2. The van der Waals surface area contributed by atoms with Gasteiger partial charge >= 0.3 is 5.97 Å². The molecule has 14 nitrogen and oxygen atoms in total. The van der Waals surface area contributed by atoms with Crippen LogP contribution in [0.1, 0.15) is 6.92 Å². The molecular formula is C25H26O14. The number of esters is 1. The summed E-state index contributed by atoms with van der Waals surface area (Å²) in [5, 5.41) is 61.6. The van der Waals surface area contributed by atoms with E-state index in [9.17, 15) is 40.2 Å². The number of aliphatic hydroxyl groups is 3. The predicted molar refractivity (Wildman–Crippen MR) is 130 cm³/mol. The van der Waals surface area contributed by atoms with Gasteiger partial charge in [0, 0.05) is 18.6 Å². The highest BCUT2D eigenvalue weighted by atomic mass is 16.7. The molecule has 3 aromatic rings. The lowest BCUT2D eigenvalue weighted by Gasteiger charge is -2.40. The van der Waals surface area contributed by atoms with Crippen molar-refractivity contribution in [2.45, 2.75) is 37.6 Å². The molecule has 1 fully saturated rings. The van der Waals surface area contributed by atoms with E-state index in [0.29, 0.717) is 0 Å². The van der Waals surface area contributed by atoms with Crippen molar-refractivity contribution in [2.24, 2.45) is 0 Å². The van der Waals surface area contributed by atoms with Gasteiger partial charge in [0.1, 0.15) is 42.2 Å². The topological polar surface area (TPSA) is 215 Å². The third-order valence-electron chi connectivity index (χ3n) is 6.05. The summed E-state index contributed by atoms with van der Waals surface area (Å²) in [5.74, 6) is -3.34. The highest BCUT2D eigenvalue weighted by molar-refractivity contribution is 5.93. The van der Waals surface area contributed by atoms with Crippen LogP contribution in [0.15, 0.2) is 33.5 Å². The Kier molecular flexibility index (Phi) is 7.74. The zero-order valence-corrected chi connectivity index (χ0v) is 20.9. The van der Waals surface area contributed by atoms with Crippen molar-refractivity contribution < 1.29 is 63.5 Å². The van der Waals surface area contributed by atoms with Gasteiger partial charge in [-0.05, 0) is 18.2 Å². The molecule has 0 saturated carbocycles. The number of phenolic OH excluding ortho intramolecular Hbond substituents is 2. The number of hydrogen-bond acceptors (Lipinski definition) is 14. The smallest absolute Gasteiger partial charge is 0.302 e. The van der Waals surface area contributed by atoms with E-state index in [1.165, 1.54) is 32.4 Å². The molecule has 1 aliphatic heterocycles. The van der Waals surface area contributed by atoms with Crippen LogP contribution in [0, 0.1) is 0 Å². The van der Waals surface area contributed by atoms with Gasteiger partial charge in [-0.1, -0.05) is 0 Å². The minimum absolute atomic E-state index is 0.0222. The number of aromatic hydroxyl groups is 3. The van der Waals surface area contributed by atoms with Crippen LogP contribution in [0.5, 0.6) is 34.5 Å². The largest absolute Gasteiger partial charge is 0.507 e. The van der Waals surface area contributed by atoms with Crippen molar-refractivity contribution in [1.82, 2.24) is 0 Å². The van der Waals surface area contributed by atoms with Gasteiger partial charge in [0.2, 0.25) is 23.2 Å². The molecule has 1 saturated heterocycles. The first kappa shape index (κ1) is 27.8. The van der Waals surface area contributed by atoms with Crippen LogP contribution in [-0.2, 0) is 14.3 Å². The summed E-state index contributed by atoms with van der Waals surface area (Å²) in [6, 6.07) is 4.83. The zero-order valence-electron chi connectivity index (χ0n) is 20.9. The van der Waals surface area contributed by atoms with Crippen LogP contribution in [0.4, 0.5) is 0 Å². The number of rotatable bonds is 7. The highest BCUT2D eigenvalue weighted by Gasteiger charge is 2.46. The summed E-state index contributed by atoms with van der Waals surface area (Å²) in [4.78, 5) is 24.2. The van der Waals surface area contributed by atoms with Crippen molar-refractivity contribution in [3.63, 3.8) is 0 Å². The number of carbonyl (C=O) groups excluding carboxylic acids is 1. The van der Waals surface area contributed by atoms with Gasteiger partial charge in [-0.25, -0.2) is 0 Å². The van der Waals surface area contributed by atoms with Gasteiger partial charge in [0.15, 0.2) is 28.6 Å². The molecule has 14 heteroatoms. The number of carbonyl (C=O) groups is 1. The third-order valence-corrected chi connectivity index (χ3v) is 6.05. The van der Waals surface area contributed by atoms with Crippen molar-refractivity contribution in [1.29, 1.82) is 0 Å². The third kappa shape index (κ3) is 5.09. The maximum atomic E-state index is 13.0. The number of phenols is 2. The Balaban J connectivity index is 1.81. The number of ether oxygens (including phenoxy) is 5. The summed E-state index contributed by atoms with van der Waals surface area (Å²) in [5.41, 5.74) is -1.25. The Bertz CT molecular complexity index is 1450. The maximum absolute atomic E-state index is 13.0. The Morgan fingerprint density at radius 3 is 2.31 bits per heavy atom. The number of benzene rings is 2. The van der Waals surface area contributed by atoms with E-state index >= 15 is 0 Å². The molecule has 5 atom stereocenters. The average molecular weight is 550 g/mol. The molecule has 0 bridgehead atoms. The highest BCUT2D eigenvalue weighted by Crippen LogP contribution is 2.44. The Labute approximate surface area is 219 Å². The number of aliphatic hydroxyl groups excluding tert-OH is 3. The second-order valence-electron chi connectivity index (χ2n) is 8.56. The van der Waals surface area contributed by atoms with Crippen LogP contribution in [0.2, 0.25) is 0 Å². The molecule has 1 aromatic heterocycles. The molecule has 5 unspecified atom stereocenters. The Morgan fingerprint density at radius 2 is 1.67 bits per heavy atom. The maximum Gasteiger partial charge on any atom is 0.302 e. The summed E-state index contributed by atoms with van der Waals surface area (Å²) >= 11 is 0. The van der Waals surface area contributed by atoms with Gasteiger partial charge in [-0.3, -0.25) is 9.59 Å². The predicted octanol–water partition coefficient (Wildman–Crippen LogP) is 0.343. The van der Waals surface area contributed by atoms with Crippen molar-refractivity contribution in [3.05, 3.63) is 34.5 Å². The monoisotopic (exact) mass is 550 g/mol. The van der Waals surface area contributed by atoms with E-state index in [-0.39, 0.29) is 39.9 Å². The summed E-state index contributed by atoms with van der Waals surface area (Å²) in [7, 11) is 2.49. The molecule has 210 valence electrons. The fourth-order valence-electron chi connectivity index (χ4n) is 4.06. The van der Waals surface area contributed by atoms with Gasteiger partial charge in [0.25, 0.3) is 0 Å². The van der Waals surface area contributed by atoms with E-state index < -0.39 is 65.6 Å². The lowest BCUT2D eigenvalue weighted by atomic mass is 9.99. The fourth-order valence-corrected chi connectivity index (χ4v) is 4.06. The molecule has 0 amide bonds. The zero-order chi connectivity index (χ0) is 28.6. The number of methoxy groups -OCH3 is 2. The molecule has 4 rings (SSSR count). The van der Waals surface area contributed by atoms with E-state index in [4.69, 9.17) is 28.1 Å². The molecule has 2 heterocycles. The van der Waals surface area contributed by atoms with Crippen LogP contribution in [0.25, 0.3) is 22.3 Å². The lowest BCUT2D eigenvalue weighted by Crippen LogP contribution is -2.60. The Hall–Kier alpha value is -4.24. The van der Waals surface area contributed by atoms with Crippen molar-refractivity contribution in [2.75, 3.05) is 20.8 Å². The molecule has 39 heavy (non-hydrogen) atoms. The first-order chi connectivity index (χ1) is 18.5. The minimum Gasteiger partial charge on any atom is -0.507 e. The normalized spacial score (nSPS) is 22.9. The molecule has 0 radical (unpaired) electrons. The minimum atomic E-state index is -1.80.